The van der Waals surface area contributed by atoms with Crippen LogP contribution in [-0.4, -0.2) is 18.4 Å². The van der Waals surface area contributed by atoms with E-state index < -0.39 is 10.0 Å². The van der Waals surface area contributed by atoms with Gasteiger partial charge in [0.25, 0.3) is 10.0 Å². The molecule has 17 heavy (non-hydrogen) atoms. The van der Waals surface area contributed by atoms with Crippen molar-refractivity contribution < 1.29 is 8.42 Å². The number of pyridine rings is 2. The lowest BCUT2D eigenvalue weighted by Crippen LogP contribution is -2.13. The van der Waals surface area contributed by atoms with Crippen LogP contribution in [0.4, 0.5) is 5.82 Å². The molecular weight excluding hydrogens is 262 g/mol. The van der Waals surface area contributed by atoms with Crippen LogP contribution in [0.15, 0.2) is 47.8 Å². The van der Waals surface area contributed by atoms with Gasteiger partial charge in [-0.3, -0.25) is 9.71 Å². The summed E-state index contributed by atoms with van der Waals surface area (Å²) in [5.41, 5.74) is 0. The van der Waals surface area contributed by atoms with Gasteiger partial charge in [-0.1, -0.05) is 11.6 Å². The minimum atomic E-state index is -3.66. The fourth-order valence-corrected chi connectivity index (χ4v) is 2.29. The highest BCUT2D eigenvalue weighted by Crippen LogP contribution is 2.16. The normalized spacial score (nSPS) is 11.1. The van der Waals surface area contributed by atoms with Crippen LogP contribution in [0.3, 0.4) is 0 Å². The van der Waals surface area contributed by atoms with Gasteiger partial charge in [0.15, 0.2) is 0 Å². The molecule has 0 spiro atoms. The molecule has 0 saturated heterocycles. The average molecular weight is 270 g/mol. The molecule has 0 aliphatic carbocycles. The number of hydrogen-bond donors (Lipinski definition) is 1. The summed E-state index contributed by atoms with van der Waals surface area (Å²) in [7, 11) is -3.66. The van der Waals surface area contributed by atoms with E-state index in [1.54, 1.807) is 12.1 Å². The van der Waals surface area contributed by atoms with Crippen LogP contribution in [0.2, 0.25) is 5.02 Å². The molecule has 0 amide bonds. The predicted molar refractivity (Wildman–Crippen MR) is 64.3 cm³/mol. The molecule has 88 valence electrons. The maximum Gasteiger partial charge on any atom is 0.264 e. The fraction of sp³-hybridized carbons (Fsp3) is 0. The number of halogens is 1. The van der Waals surface area contributed by atoms with Crippen molar-refractivity contribution in [3.05, 3.63) is 47.9 Å². The molecule has 2 heterocycles. The van der Waals surface area contributed by atoms with Crippen molar-refractivity contribution >= 4 is 27.4 Å². The second-order valence-electron chi connectivity index (χ2n) is 3.15. The van der Waals surface area contributed by atoms with E-state index in [9.17, 15) is 8.42 Å². The molecule has 0 aromatic carbocycles. The van der Waals surface area contributed by atoms with Crippen molar-refractivity contribution in [2.45, 2.75) is 4.90 Å². The highest BCUT2D eigenvalue weighted by molar-refractivity contribution is 7.92. The first-order valence-electron chi connectivity index (χ1n) is 4.62. The Hall–Kier alpha value is -1.66. The number of sulfonamides is 1. The van der Waals surface area contributed by atoms with Gasteiger partial charge >= 0.3 is 0 Å². The summed E-state index contributed by atoms with van der Waals surface area (Å²) in [6.45, 7) is 0. The molecule has 1 N–H and O–H groups in total. The molecule has 0 aliphatic rings. The zero-order valence-corrected chi connectivity index (χ0v) is 10.1. The second-order valence-corrected chi connectivity index (χ2v) is 5.27. The maximum atomic E-state index is 11.9. The van der Waals surface area contributed by atoms with Crippen LogP contribution in [0.5, 0.6) is 0 Å². The van der Waals surface area contributed by atoms with Crippen molar-refractivity contribution in [2.75, 3.05) is 4.72 Å². The number of nitrogens with one attached hydrogen (secondary N) is 1. The SMILES string of the molecule is O=S(=O)(Nc1cc(Cl)ccn1)c1cccnc1. The Bertz CT molecular complexity index is 616. The number of hydrogen-bond acceptors (Lipinski definition) is 4. The Morgan fingerprint density at radius 1 is 1.24 bits per heavy atom. The van der Waals surface area contributed by atoms with Crippen LogP contribution in [-0.2, 0) is 10.0 Å². The smallest absolute Gasteiger partial charge is 0.263 e. The summed E-state index contributed by atoms with van der Waals surface area (Å²) < 4.78 is 26.1. The molecule has 0 saturated carbocycles. The Morgan fingerprint density at radius 3 is 2.71 bits per heavy atom. The van der Waals surface area contributed by atoms with E-state index in [4.69, 9.17) is 11.6 Å². The van der Waals surface area contributed by atoms with Crippen LogP contribution >= 0.6 is 11.6 Å². The Balaban J connectivity index is 2.30. The second kappa shape index (κ2) is 4.68. The van der Waals surface area contributed by atoms with Crippen molar-refractivity contribution in [1.82, 2.24) is 9.97 Å². The van der Waals surface area contributed by atoms with Gasteiger partial charge in [0.1, 0.15) is 10.7 Å². The number of anilines is 1. The first-order valence-corrected chi connectivity index (χ1v) is 6.48. The molecule has 0 atom stereocenters. The molecule has 0 bridgehead atoms. The van der Waals surface area contributed by atoms with Crippen molar-refractivity contribution in [3.8, 4) is 0 Å². The van der Waals surface area contributed by atoms with E-state index in [0.29, 0.717) is 5.02 Å². The van der Waals surface area contributed by atoms with Crippen molar-refractivity contribution in [2.24, 2.45) is 0 Å². The van der Waals surface area contributed by atoms with E-state index in [1.165, 1.54) is 30.7 Å². The van der Waals surface area contributed by atoms with Crippen molar-refractivity contribution in [1.29, 1.82) is 0 Å². The van der Waals surface area contributed by atoms with Gasteiger partial charge in [-0.25, -0.2) is 13.4 Å². The summed E-state index contributed by atoms with van der Waals surface area (Å²) in [5, 5.41) is 0.406. The predicted octanol–water partition coefficient (Wildman–Crippen LogP) is 1.93. The fourth-order valence-electron chi connectivity index (χ4n) is 1.16. The summed E-state index contributed by atoms with van der Waals surface area (Å²) in [6, 6.07) is 5.97. The lowest BCUT2D eigenvalue weighted by atomic mass is 10.5. The molecule has 0 fully saturated rings. The summed E-state index contributed by atoms with van der Waals surface area (Å²) in [5.74, 6) is 0.168. The molecule has 2 aromatic rings. The Labute approximate surface area is 104 Å². The zero-order chi connectivity index (χ0) is 12.3. The van der Waals surface area contributed by atoms with E-state index in [0.717, 1.165) is 0 Å². The lowest BCUT2D eigenvalue weighted by Gasteiger charge is -2.06. The molecule has 5 nitrogen and oxygen atoms in total. The van der Waals surface area contributed by atoms with Crippen LogP contribution in [0.1, 0.15) is 0 Å². The standard InChI is InChI=1S/C10H8ClN3O2S/c11-8-3-5-13-10(6-8)14-17(15,16)9-2-1-4-12-7-9/h1-7H,(H,13,14). The third-order valence-electron chi connectivity index (χ3n) is 1.91. The minimum absolute atomic E-state index is 0.0711. The summed E-state index contributed by atoms with van der Waals surface area (Å²) in [4.78, 5) is 7.67. The van der Waals surface area contributed by atoms with E-state index in [-0.39, 0.29) is 10.7 Å². The topological polar surface area (TPSA) is 72.0 Å². The first-order chi connectivity index (χ1) is 8.08. The third kappa shape index (κ3) is 2.92. The number of nitrogens with zero attached hydrogens (tertiary/aromatic N) is 2. The first kappa shape index (κ1) is 11.8. The monoisotopic (exact) mass is 269 g/mol. The highest BCUT2D eigenvalue weighted by Gasteiger charge is 2.14. The quantitative estimate of drug-likeness (QED) is 0.924. The molecular formula is C10H8ClN3O2S. The molecule has 0 unspecified atom stereocenters. The van der Waals surface area contributed by atoms with Gasteiger partial charge in [-0.05, 0) is 18.2 Å². The van der Waals surface area contributed by atoms with E-state index in [1.807, 2.05) is 0 Å². The Morgan fingerprint density at radius 2 is 2.06 bits per heavy atom. The van der Waals surface area contributed by atoms with Gasteiger partial charge in [0, 0.05) is 29.7 Å². The van der Waals surface area contributed by atoms with Gasteiger partial charge in [-0.15, -0.1) is 0 Å². The van der Waals surface area contributed by atoms with Gasteiger partial charge < -0.3 is 0 Å². The summed E-state index contributed by atoms with van der Waals surface area (Å²) >= 11 is 5.73. The number of aromatic nitrogens is 2. The minimum Gasteiger partial charge on any atom is -0.263 e. The van der Waals surface area contributed by atoms with E-state index >= 15 is 0 Å². The van der Waals surface area contributed by atoms with Gasteiger partial charge in [-0.2, -0.15) is 0 Å². The van der Waals surface area contributed by atoms with Gasteiger partial charge in [0.05, 0.1) is 0 Å². The average Bonchev–Trinajstić information content (AvgIpc) is 2.29. The Kier molecular flexibility index (Phi) is 3.26. The molecule has 0 aliphatic heterocycles. The van der Waals surface area contributed by atoms with Gasteiger partial charge in [0.2, 0.25) is 0 Å². The molecule has 2 aromatic heterocycles. The van der Waals surface area contributed by atoms with Crippen LogP contribution in [0.25, 0.3) is 0 Å². The lowest BCUT2D eigenvalue weighted by molar-refractivity contribution is 0.600. The zero-order valence-electron chi connectivity index (χ0n) is 8.54. The third-order valence-corrected chi connectivity index (χ3v) is 3.48. The largest absolute Gasteiger partial charge is 0.264 e. The van der Waals surface area contributed by atoms with E-state index in [2.05, 4.69) is 14.7 Å². The molecule has 7 heteroatoms. The maximum absolute atomic E-state index is 11.9. The number of rotatable bonds is 3. The van der Waals surface area contributed by atoms with Crippen LogP contribution in [0, 0.1) is 0 Å². The van der Waals surface area contributed by atoms with Crippen LogP contribution < -0.4 is 4.72 Å². The van der Waals surface area contributed by atoms with Crippen molar-refractivity contribution in [3.63, 3.8) is 0 Å². The summed E-state index contributed by atoms with van der Waals surface area (Å²) in [6.07, 6.45) is 4.17. The highest BCUT2D eigenvalue weighted by atomic mass is 35.5. The molecule has 0 radical (unpaired) electrons. The molecule has 2 rings (SSSR count).